The Morgan fingerprint density at radius 3 is 1.94 bits per heavy atom. The lowest BCUT2D eigenvalue weighted by Crippen LogP contribution is -2.65. The van der Waals surface area contributed by atoms with Crippen molar-refractivity contribution in [2.24, 2.45) is 23.7 Å². The molecule has 0 amide bonds. The van der Waals surface area contributed by atoms with E-state index in [2.05, 4.69) is 0 Å². The zero-order chi connectivity index (χ0) is 40.6. The maximum absolute atomic E-state index is 14.2. The van der Waals surface area contributed by atoms with Crippen molar-refractivity contribution in [1.29, 1.82) is 0 Å². The first kappa shape index (κ1) is 46.0. The van der Waals surface area contributed by atoms with E-state index in [4.69, 9.17) is 33.2 Å². The van der Waals surface area contributed by atoms with Gasteiger partial charge in [-0.25, -0.2) is 0 Å². The average Bonchev–Trinajstić information content (AvgIpc) is 3.10. The summed E-state index contributed by atoms with van der Waals surface area (Å²) in [5.41, 5.74) is -4.85. The Kier molecular flexibility index (Phi) is 15.1. The zero-order valence-electron chi connectivity index (χ0n) is 34.3. The lowest BCUT2D eigenvalue weighted by atomic mass is 9.73. The van der Waals surface area contributed by atoms with E-state index >= 15 is 0 Å². The number of ketones is 1. The molecule has 15 heteroatoms. The molecule has 3 rings (SSSR count). The summed E-state index contributed by atoms with van der Waals surface area (Å²) < 4.78 is 43.4. The number of likely N-dealkylation sites (N-methyl/N-ethyl adjacent to an activating group) is 1. The van der Waals surface area contributed by atoms with Crippen molar-refractivity contribution in [2.75, 3.05) is 28.3 Å². The number of Topliss-reactive ketones (excluding diaryl/α,β-unsaturated/α-hetero) is 1. The predicted molar refractivity (Wildman–Crippen MR) is 192 cm³/mol. The molecule has 310 valence electrons. The lowest BCUT2D eigenvalue weighted by Gasteiger charge is -2.50. The molecule has 18 unspecified atom stereocenters. The van der Waals surface area contributed by atoms with Crippen LogP contribution in [0, 0.1) is 23.7 Å². The molecule has 15 nitrogen and oxygen atoms in total. The number of aliphatic hydroxyl groups excluding tert-OH is 3. The number of nitrogens with zero attached hydrogens (tertiary/aromatic N) is 1. The lowest BCUT2D eigenvalue weighted by molar-refractivity contribution is -0.325. The highest BCUT2D eigenvalue weighted by Gasteiger charge is 2.58. The van der Waals surface area contributed by atoms with Crippen molar-refractivity contribution < 1.29 is 68.3 Å². The minimum atomic E-state index is -2.61. The van der Waals surface area contributed by atoms with Crippen LogP contribution in [0.2, 0.25) is 0 Å². The monoisotopic (exact) mass is 763 g/mol. The van der Waals surface area contributed by atoms with Gasteiger partial charge >= 0.3 is 5.97 Å². The summed E-state index contributed by atoms with van der Waals surface area (Å²) >= 11 is 0. The molecule has 0 aromatic carbocycles. The maximum Gasteiger partial charge on any atom is 0.313 e. The van der Waals surface area contributed by atoms with Crippen molar-refractivity contribution in [3.8, 4) is 0 Å². The Bertz CT molecular complexity index is 1240. The third kappa shape index (κ3) is 9.29. The molecular formula is C38H69NO14. The minimum absolute atomic E-state index is 0.0422. The van der Waals surface area contributed by atoms with Crippen LogP contribution in [0.3, 0.4) is 0 Å². The van der Waals surface area contributed by atoms with Crippen molar-refractivity contribution >= 4 is 11.8 Å². The van der Waals surface area contributed by atoms with Gasteiger partial charge in [-0.15, -0.1) is 0 Å². The minimum Gasteiger partial charge on any atom is -0.430 e. The number of carbonyl (C=O) groups is 2. The number of aliphatic hydroxyl groups is 5. The van der Waals surface area contributed by atoms with Gasteiger partial charge in [0, 0.05) is 50.9 Å². The first-order valence-corrected chi connectivity index (χ1v) is 19.0. The van der Waals surface area contributed by atoms with Gasteiger partial charge in [0.1, 0.15) is 18.0 Å². The van der Waals surface area contributed by atoms with E-state index < -0.39 is 107 Å². The molecule has 0 saturated carbocycles. The Morgan fingerprint density at radius 1 is 0.830 bits per heavy atom. The predicted octanol–water partition coefficient (Wildman–Crippen LogP) is 1.76. The standard InChI is InChI=1S/C38H69NO14/c1-15-38(46)37(10,45)30(42)21(4)27(40)19(2)17-36(9,48-14)32(52-34-28(41)25(39(11)12)16-20(3)49-34)22(5)29(23(6)33(44)53-38)51-26-18-35(8,47-13)31(43)24(7)50-26/h19-26,28-32,34,41-43,45-46H,15-18H2,1-14H3. The number of rotatable bonds is 8. The molecule has 0 aromatic heterocycles. The molecule has 18 atom stereocenters. The van der Waals surface area contributed by atoms with E-state index in [9.17, 15) is 35.1 Å². The molecule has 3 fully saturated rings. The molecule has 0 radical (unpaired) electrons. The fourth-order valence-corrected chi connectivity index (χ4v) is 8.54. The molecule has 3 heterocycles. The van der Waals surface area contributed by atoms with Gasteiger partial charge in [-0.3, -0.25) is 9.59 Å². The first-order chi connectivity index (χ1) is 24.3. The third-order valence-electron chi connectivity index (χ3n) is 12.5. The summed E-state index contributed by atoms with van der Waals surface area (Å²) in [6.45, 7) is 16.1. The molecule has 0 bridgehead atoms. The second-order valence-corrected chi connectivity index (χ2v) is 16.8. The normalized spacial score (nSPS) is 49.7. The van der Waals surface area contributed by atoms with Crippen molar-refractivity contribution in [3.63, 3.8) is 0 Å². The number of esters is 1. The quantitative estimate of drug-likeness (QED) is 0.224. The molecule has 53 heavy (non-hydrogen) atoms. The number of cyclic esters (lactones) is 1. The van der Waals surface area contributed by atoms with Crippen molar-refractivity contribution in [2.45, 2.75) is 179 Å². The fourth-order valence-electron chi connectivity index (χ4n) is 8.54. The van der Waals surface area contributed by atoms with Crippen LogP contribution in [-0.4, -0.2) is 154 Å². The Morgan fingerprint density at radius 2 is 1.42 bits per heavy atom. The summed E-state index contributed by atoms with van der Waals surface area (Å²) in [5, 5.41) is 57.3. The average molecular weight is 764 g/mol. The molecule has 3 aliphatic rings. The maximum atomic E-state index is 14.2. The number of hydrogen-bond donors (Lipinski definition) is 5. The largest absolute Gasteiger partial charge is 0.430 e. The Hall–Kier alpha value is -1.34. The number of methoxy groups -OCH3 is 2. The first-order valence-electron chi connectivity index (χ1n) is 19.0. The van der Waals surface area contributed by atoms with Gasteiger partial charge in [-0.2, -0.15) is 0 Å². The smallest absolute Gasteiger partial charge is 0.313 e. The highest BCUT2D eigenvalue weighted by atomic mass is 16.7. The van der Waals surface area contributed by atoms with Gasteiger partial charge in [0.15, 0.2) is 18.2 Å². The van der Waals surface area contributed by atoms with Gasteiger partial charge in [-0.1, -0.05) is 27.7 Å². The molecule has 3 saturated heterocycles. The van der Waals surface area contributed by atoms with Gasteiger partial charge in [0.2, 0.25) is 5.79 Å². The fraction of sp³-hybridized carbons (Fsp3) is 0.947. The molecule has 3 aliphatic heterocycles. The second-order valence-electron chi connectivity index (χ2n) is 16.8. The zero-order valence-corrected chi connectivity index (χ0v) is 34.3. The van der Waals surface area contributed by atoms with Crippen LogP contribution in [0.5, 0.6) is 0 Å². The summed E-state index contributed by atoms with van der Waals surface area (Å²) in [6.07, 6.45) is -8.95. The van der Waals surface area contributed by atoms with Gasteiger partial charge < -0.3 is 63.6 Å². The second kappa shape index (κ2) is 17.4. The molecule has 0 aromatic rings. The molecular weight excluding hydrogens is 694 g/mol. The van der Waals surface area contributed by atoms with Gasteiger partial charge in [0.25, 0.3) is 0 Å². The van der Waals surface area contributed by atoms with E-state index in [-0.39, 0.29) is 31.4 Å². The Balaban J connectivity index is 2.26. The van der Waals surface area contributed by atoms with Crippen LogP contribution in [0.25, 0.3) is 0 Å². The van der Waals surface area contributed by atoms with Crippen LogP contribution in [0.1, 0.15) is 94.9 Å². The van der Waals surface area contributed by atoms with E-state index in [0.29, 0.717) is 6.42 Å². The van der Waals surface area contributed by atoms with E-state index in [0.717, 1.165) is 6.92 Å². The summed E-state index contributed by atoms with van der Waals surface area (Å²) in [6, 6.07) is -0.315. The number of ether oxygens (including phenoxy) is 7. The summed E-state index contributed by atoms with van der Waals surface area (Å²) in [7, 11) is 6.67. The third-order valence-corrected chi connectivity index (χ3v) is 12.5. The highest BCUT2D eigenvalue weighted by Crippen LogP contribution is 2.43. The van der Waals surface area contributed by atoms with Crippen molar-refractivity contribution in [1.82, 2.24) is 4.90 Å². The van der Waals surface area contributed by atoms with Crippen LogP contribution in [0.15, 0.2) is 0 Å². The van der Waals surface area contributed by atoms with Crippen LogP contribution in [-0.2, 0) is 42.7 Å². The van der Waals surface area contributed by atoms with Crippen LogP contribution >= 0.6 is 0 Å². The van der Waals surface area contributed by atoms with E-state index in [1.807, 2.05) is 25.9 Å². The molecule has 5 N–H and O–H groups in total. The van der Waals surface area contributed by atoms with Gasteiger partial charge in [0.05, 0.1) is 47.6 Å². The summed E-state index contributed by atoms with van der Waals surface area (Å²) in [4.78, 5) is 30.1. The van der Waals surface area contributed by atoms with Crippen LogP contribution in [0.4, 0.5) is 0 Å². The van der Waals surface area contributed by atoms with E-state index in [1.54, 1.807) is 41.5 Å². The Labute approximate surface area is 315 Å². The van der Waals surface area contributed by atoms with Crippen LogP contribution < -0.4 is 0 Å². The number of carbonyl (C=O) groups excluding carboxylic acids is 2. The molecule has 0 spiro atoms. The van der Waals surface area contributed by atoms with Gasteiger partial charge in [-0.05, 0) is 68.5 Å². The topological polar surface area (TPSA) is 203 Å². The summed E-state index contributed by atoms with van der Waals surface area (Å²) in [5.74, 6) is -8.01. The highest BCUT2D eigenvalue weighted by molar-refractivity contribution is 5.83. The number of hydrogen-bond acceptors (Lipinski definition) is 15. The molecule has 0 aliphatic carbocycles. The van der Waals surface area contributed by atoms with Crippen molar-refractivity contribution in [3.05, 3.63) is 0 Å². The van der Waals surface area contributed by atoms with E-state index in [1.165, 1.54) is 28.1 Å². The SMILES string of the molecule is CCC1(O)OC(=O)C(C)C(OC2CC(C)(OC)C(O)C(C)O2)C(C)C(OC2OC(C)CC(N(C)C)C2O)C(C)(OC)CC(C)C(=O)C(C)C(O)C1(C)O.